The molecule has 0 radical (unpaired) electrons. The number of likely N-dealkylation sites (N-methyl/N-ethyl adjacent to an activating group) is 1. The molecule has 1 aliphatic heterocycles. The number of carbonyl (C=O) groups is 2. The summed E-state index contributed by atoms with van der Waals surface area (Å²) >= 11 is 0. The molecule has 0 unspecified atom stereocenters. The van der Waals surface area contributed by atoms with Crippen LogP contribution in [-0.2, 0) is 9.59 Å². The lowest BCUT2D eigenvalue weighted by molar-refractivity contribution is -0.139. The highest BCUT2D eigenvalue weighted by Crippen LogP contribution is 2.38. The summed E-state index contributed by atoms with van der Waals surface area (Å²) in [6.45, 7) is 5.09. The van der Waals surface area contributed by atoms with Gasteiger partial charge in [-0.05, 0) is 44.4 Å². The molecule has 1 fully saturated rings. The topological polar surface area (TPSA) is 66.6 Å². The van der Waals surface area contributed by atoms with E-state index < -0.39 is 6.04 Å². The largest absolute Gasteiger partial charge is 0.341 e. The van der Waals surface area contributed by atoms with Crippen LogP contribution in [0.4, 0.5) is 4.39 Å². The number of nitrogens with zero attached hydrogens (tertiary/aromatic N) is 2. The number of hydrogen-bond donors (Lipinski definition) is 1. The molecule has 2 N–H and O–H groups in total. The molecule has 1 aromatic rings. The van der Waals surface area contributed by atoms with E-state index in [9.17, 15) is 14.0 Å². The Kier molecular flexibility index (Phi) is 5.59. The normalized spacial score (nSPS) is 23.0. The van der Waals surface area contributed by atoms with Crippen LogP contribution in [0, 0.1) is 5.82 Å². The van der Waals surface area contributed by atoms with Gasteiger partial charge in [-0.15, -0.1) is 0 Å². The number of nitrogens with two attached hydrogens (primary N) is 1. The molecular weight excluding hydrogens is 309 g/mol. The second kappa shape index (κ2) is 7.30. The molecule has 2 rings (SSSR count). The Bertz CT molecular complexity index is 620. The number of carbonyl (C=O) groups excluding carboxylic acids is 2. The maximum absolute atomic E-state index is 13.6. The van der Waals surface area contributed by atoms with Crippen molar-refractivity contribution < 1.29 is 14.0 Å². The fourth-order valence-corrected chi connectivity index (χ4v) is 3.45. The molecule has 0 spiro atoms. The lowest BCUT2D eigenvalue weighted by Crippen LogP contribution is -2.53. The highest BCUT2D eigenvalue weighted by molar-refractivity contribution is 5.82. The van der Waals surface area contributed by atoms with Crippen molar-refractivity contribution in [2.75, 3.05) is 7.05 Å². The number of benzene rings is 1. The summed E-state index contributed by atoms with van der Waals surface area (Å²) in [5, 5.41) is 0. The zero-order chi connectivity index (χ0) is 18.0. The fraction of sp³-hybridized carbons (Fsp3) is 0.556. The minimum Gasteiger partial charge on any atom is -0.341 e. The number of halogens is 1. The first-order valence-corrected chi connectivity index (χ1v) is 8.30. The van der Waals surface area contributed by atoms with Crippen LogP contribution in [0.3, 0.4) is 0 Å². The van der Waals surface area contributed by atoms with Gasteiger partial charge < -0.3 is 15.5 Å². The van der Waals surface area contributed by atoms with Gasteiger partial charge in [0, 0.05) is 20.0 Å². The summed E-state index contributed by atoms with van der Waals surface area (Å²) in [7, 11) is 1.73. The minimum absolute atomic E-state index is 0.0510. The highest BCUT2D eigenvalue weighted by atomic mass is 19.1. The first-order valence-electron chi connectivity index (χ1n) is 8.30. The first-order chi connectivity index (χ1) is 11.2. The van der Waals surface area contributed by atoms with Gasteiger partial charge in [0.2, 0.25) is 11.8 Å². The molecule has 4 atom stereocenters. The van der Waals surface area contributed by atoms with Crippen LogP contribution in [-0.4, -0.2) is 46.8 Å². The van der Waals surface area contributed by atoms with Crippen molar-refractivity contribution in [2.45, 2.75) is 57.8 Å². The molecule has 1 saturated heterocycles. The summed E-state index contributed by atoms with van der Waals surface area (Å²) in [6.07, 6.45) is 1.47. The predicted molar refractivity (Wildman–Crippen MR) is 90.6 cm³/mol. The summed E-state index contributed by atoms with van der Waals surface area (Å²) < 4.78 is 13.6. The Morgan fingerprint density at radius 3 is 2.54 bits per heavy atom. The number of amides is 2. The molecule has 1 aromatic carbocycles. The van der Waals surface area contributed by atoms with Gasteiger partial charge in [-0.2, -0.15) is 0 Å². The van der Waals surface area contributed by atoms with E-state index in [0.717, 1.165) is 18.4 Å². The first kappa shape index (κ1) is 18.4. The van der Waals surface area contributed by atoms with Gasteiger partial charge in [-0.3, -0.25) is 9.59 Å². The van der Waals surface area contributed by atoms with Crippen LogP contribution >= 0.6 is 0 Å². The number of rotatable bonds is 4. The molecule has 132 valence electrons. The van der Waals surface area contributed by atoms with E-state index in [2.05, 4.69) is 0 Å². The smallest absolute Gasteiger partial charge is 0.240 e. The van der Waals surface area contributed by atoms with Gasteiger partial charge in [0.05, 0.1) is 18.1 Å². The van der Waals surface area contributed by atoms with E-state index in [1.165, 1.54) is 19.1 Å². The van der Waals surface area contributed by atoms with Crippen molar-refractivity contribution in [3.05, 3.63) is 35.6 Å². The van der Waals surface area contributed by atoms with Crippen LogP contribution < -0.4 is 5.73 Å². The summed E-state index contributed by atoms with van der Waals surface area (Å²) in [4.78, 5) is 27.8. The second-order valence-corrected chi connectivity index (χ2v) is 6.62. The van der Waals surface area contributed by atoms with Gasteiger partial charge in [0.25, 0.3) is 0 Å². The third-order valence-electron chi connectivity index (χ3n) is 4.97. The molecule has 0 aromatic heterocycles. The van der Waals surface area contributed by atoms with E-state index in [1.807, 2.05) is 13.0 Å². The number of likely N-dealkylation sites (tertiary alicyclic amines) is 1. The Hall–Kier alpha value is -1.95. The molecule has 1 heterocycles. The van der Waals surface area contributed by atoms with Gasteiger partial charge >= 0.3 is 0 Å². The summed E-state index contributed by atoms with van der Waals surface area (Å²) in [6, 6.07) is 5.21. The van der Waals surface area contributed by atoms with Crippen molar-refractivity contribution >= 4 is 11.8 Å². The van der Waals surface area contributed by atoms with Crippen molar-refractivity contribution in [3.63, 3.8) is 0 Å². The summed E-state index contributed by atoms with van der Waals surface area (Å²) in [5.41, 5.74) is 6.61. The highest BCUT2D eigenvalue weighted by Gasteiger charge is 2.42. The Balaban J connectivity index is 2.36. The summed E-state index contributed by atoms with van der Waals surface area (Å²) in [5.74, 6) is -0.543. The van der Waals surface area contributed by atoms with Crippen LogP contribution in [0.1, 0.15) is 45.2 Å². The van der Waals surface area contributed by atoms with Crippen LogP contribution in [0.25, 0.3) is 0 Å². The fourth-order valence-electron chi connectivity index (χ4n) is 3.45. The van der Waals surface area contributed by atoms with Crippen molar-refractivity contribution in [1.82, 2.24) is 9.80 Å². The molecule has 0 saturated carbocycles. The average molecular weight is 335 g/mol. The second-order valence-electron chi connectivity index (χ2n) is 6.62. The van der Waals surface area contributed by atoms with E-state index >= 15 is 0 Å². The van der Waals surface area contributed by atoms with Crippen molar-refractivity contribution in [2.24, 2.45) is 5.73 Å². The van der Waals surface area contributed by atoms with E-state index in [-0.39, 0.29) is 35.8 Å². The van der Waals surface area contributed by atoms with E-state index in [1.54, 1.807) is 29.8 Å². The molecular formula is C18H26FN3O2. The number of hydrogen-bond acceptors (Lipinski definition) is 3. The molecule has 1 aliphatic rings. The maximum Gasteiger partial charge on any atom is 0.240 e. The monoisotopic (exact) mass is 335 g/mol. The lowest BCUT2D eigenvalue weighted by atomic mass is 10.0. The zero-order valence-electron chi connectivity index (χ0n) is 14.7. The quantitative estimate of drug-likeness (QED) is 0.916. The Labute approximate surface area is 142 Å². The molecule has 2 amide bonds. The standard InChI is InChI=1S/C18H26FN3O2/c1-11(20)18(24)22-16(12(2)21(4)13(3)23)8-9-17(22)14-6-5-7-15(19)10-14/h5-7,10-12,16-17H,8-9,20H2,1-4H3/t11-,12+,16-,17+/m1/s1. The van der Waals surface area contributed by atoms with Crippen molar-refractivity contribution in [3.8, 4) is 0 Å². The maximum atomic E-state index is 13.6. The minimum atomic E-state index is -0.642. The van der Waals surface area contributed by atoms with Crippen LogP contribution in [0.15, 0.2) is 24.3 Å². The van der Waals surface area contributed by atoms with Gasteiger partial charge in [-0.1, -0.05) is 12.1 Å². The SMILES string of the molecule is CC(=O)N(C)[C@@H](C)[C@H]1CC[C@@H](c2cccc(F)c2)N1C(=O)[C@@H](C)N. The molecule has 5 nitrogen and oxygen atoms in total. The average Bonchev–Trinajstić information content (AvgIpc) is 2.97. The Morgan fingerprint density at radius 2 is 2.00 bits per heavy atom. The lowest BCUT2D eigenvalue weighted by Gasteiger charge is -2.38. The molecule has 24 heavy (non-hydrogen) atoms. The third-order valence-corrected chi connectivity index (χ3v) is 4.97. The Morgan fingerprint density at radius 1 is 1.33 bits per heavy atom. The third kappa shape index (κ3) is 3.59. The van der Waals surface area contributed by atoms with Gasteiger partial charge in [0.1, 0.15) is 5.82 Å². The van der Waals surface area contributed by atoms with Crippen LogP contribution in [0.5, 0.6) is 0 Å². The van der Waals surface area contributed by atoms with E-state index in [4.69, 9.17) is 5.73 Å². The van der Waals surface area contributed by atoms with Crippen molar-refractivity contribution in [1.29, 1.82) is 0 Å². The molecule has 0 aliphatic carbocycles. The van der Waals surface area contributed by atoms with Crippen LogP contribution in [0.2, 0.25) is 0 Å². The molecule has 6 heteroatoms. The predicted octanol–water partition coefficient (Wildman–Crippen LogP) is 2.07. The van der Waals surface area contributed by atoms with Gasteiger partial charge in [-0.25, -0.2) is 4.39 Å². The zero-order valence-corrected chi connectivity index (χ0v) is 14.7. The van der Waals surface area contributed by atoms with Gasteiger partial charge in [0.15, 0.2) is 0 Å². The van der Waals surface area contributed by atoms with E-state index in [0.29, 0.717) is 0 Å². The molecule has 0 bridgehead atoms.